The van der Waals surface area contributed by atoms with Crippen molar-refractivity contribution >= 4 is 17.7 Å². The Morgan fingerprint density at radius 2 is 2.29 bits per heavy atom. The monoisotopic (exact) mass is 260 g/mol. The highest BCUT2D eigenvalue weighted by Gasteiger charge is 2.27. The molecule has 0 bridgehead atoms. The van der Waals surface area contributed by atoms with Crippen molar-refractivity contribution in [1.29, 1.82) is 0 Å². The van der Waals surface area contributed by atoms with E-state index < -0.39 is 0 Å². The van der Waals surface area contributed by atoms with Gasteiger partial charge in [-0.3, -0.25) is 4.79 Å². The summed E-state index contributed by atoms with van der Waals surface area (Å²) in [5.74, 6) is 1.23. The molecule has 1 amide bonds. The molecular formula is C12H24N2O2S. The zero-order valence-corrected chi connectivity index (χ0v) is 11.6. The smallest absolute Gasteiger partial charge is 0.234 e. The van der Waals surface area contributed by atoms with Gasteiger partial charge in [0.15, 0.2) is 0 Å². The van der Waals surface area contributed by atoms with Crippen molar-refractivity contribution in [2.45, 2.75) is 37.5 Å². The third kappa shape index (κ3) is 5.75. The number of carbonyl (C=O) groups is 1. The third-order valence-electron chi connectivity index (χ3n) is 2.95. The van der Waals surface area contributed by atoms with E-state index in [0.29, 0.717) is 24.4 Å². The molecule has 0 aromatic rings. The van der Waals surface area contributed by atoms with Gasteiger partial charge in [0.25, 0.3) is 0 Å². The van der Waals surface area contributed by atoms with Crippen LogP contribution in [-0.2, 0) is 9.53 Å². The first-order chi connectivity index (χ1) is 8.27. The van der Waals surface area contributed by atoms with Crippen LogP contribution in [0.25, 0.3) is 0 Å². The molecule has 1 saturated carbocycles. The lowest BCUT2D eigenvalue weighted by Crippen LogP contribution is -2.43. The van der Waals surface area contributed by atoms with Gasteiger partial charge in [0, 0.05) is 24.9 Å². The lowest BCUT2D eigenvalue weighted by atomic mass is 10.2. The Balaban J connectivity index is 2.16. The van der Waals surface area contributed by atoms with Gasteiger partial charge in [-0.2, -0.15) is 11.8 Å². The lowest BCUT2D eigenvalue weighted by molar-refractivity contribution is -0.120. The zero-order chi connectivity index (χ0) is 12.5. The molecule has 1 aliphatic rings. The van der Waals surface area contributed by atoms with Crippen LogP contribution in [0.2, 0.25) is 0 Å². The predicted molar refractivity (Wildman–Crippen MR) is 72.4 cm³/mol. The van der Waals surface area contributed by atoms with Crippen LogP contribution in [0.1, 0.15) is 26.2 Å². The molecule has 2 atom stereocenters. The van der Waals surface area contributed by atoms with Gasteiger partial charge >= 0.3 is 0 Å². The molecule has 0 heterocycles. The standard InChI is InChI=1S/C12H24N2O2S/c1-3-17-11-6-4-5-10(11)14-12(15)9-13-7-8-16-2/h10-11,13H,3-9H2,1-2H3,(H,14,15). The summed E-state index contributed by atoms with van der Waals surface area (Å²) >= 11 is 1.97. The third-order valence-corrected chi connectivity index (χ3v) is 4.27. The molecule has 1 fully saturated rings. The summed E-state index contributed by atoms with van der Waals surface area (Å²) in [6.45, 7) is 3.93. The van der Waals surface area contributed by atoms with E-state index in [2.05, 4.69) is 17.6 Å². The van der Waals surface area contributed by atoms with Crippen molar-refractivity contribution < 1.29 is 9.53 Å². The van der Waals surface area contributed by atoms with Crippen LogP contribution in [0.15, 0.2) is 0 Å². The Hall–Kier alpha value is -0.260. The van der Waals surface area contributed by atoms with Gasteiger partial charge in [-0.25, -0.2) is 0 Å². The second-order valence-corrected chi connectivity index (χ2v) is 5.78. The Labute approximate surface area is 108 Å². The van der Waals surface area contributed by atoms with E-state index >= 15 is 0 Å². The Bertz CT molecular complexity index is 227. The molecule has 100 valence electrons. The second kappa shape index (κ2) is 8.78. The largest absolute Gasteiger partial charge is 0.383 e. The Morgan fingerprint density at radius 1 is 1.47 bits per heavy atom. The van der Waals surface area contributed by atoms with E-state index in [9.17, 15) is 4.79 Å². The molecule has 0 aliphatic heterocycles. The SMILES string of the molecule is CCSC1CCCC1NC(=O)CNCCOC. The number of methoxy groups -OCH3 is 1. The van der Waals surface area contributed by atoms with Crippen LogP contribution in [0.4, 0.5) is 0 Å². The number of nitrogens with one attached hydrogen (secondary N) is 2. The Kier molecular flexibility index (Phi) is 7.64. The summed E-state index contributed by atoms with van der Waals surface area (Å²) in [5.41, 5.74) is 0. The quantitative estimate of drug-likeness (QED) is 0.640. The summed E-state index contributed by atoms with van der Waals surface area (Å²) in [6, 6.07) is 0.372. The minimum Gasteiger partial charge on any atom is -0.383 e. The van der Waals surface area contributed by atoms with Crippen molar-refractivity contribution in [3.05, 3.63) is 0 Å². The summed E-state index contributed by atoms with van der Waals surface area (Å²) in [4.78, 5) is 11.7. The molecule has 0 aromatic heterocycles. The molecule has 17 heavy (non-hydrogen) atoms. The number of ether oxygens (including phenoxy) is 1. The number of hydrogen-bond acceptors (Lipinski definition) is 4. The van der Waals surface area contributed by atoms with E-state index in [1.807, 2.05) is 11.8 Å². The van der Waals surface area contributed by atoms with Gasteiger partial charge in [-0.05, 0) is 18.6 Å². The fraction of sp³-hybridized carbons (Fsp3) is 0.917. The van der Waals surface area contributed by atoms with E-state index in [4.69, 9.17) is 4.74 Å². The first kappa shape index (κ1) is 14.8. The summed E-state index contributed by atoms with van der Waals surface area (Å²) in [6.07, 6.45) is 3.60. The maximum absolute atomic E-state index is 11.7. The van der Waals surface area contributed by atoms with Gasteiger partial charge in [0.05, 0.1) is 13.2 Å². The van der Waals surface area contributed by atoms with Crippen LogP contribution in [0.5, 0.6) is 0 Å². The molecule has 0 radical (unpaired) electrons. The number of amides is 1. The minimum atomic E-state index is 0.106. The number of rotatable bonds is 8. The fourth-order valence-corrected chi connectivity index (χ4v) is 3.34. The molecule has 2 N–H and O–H groups in total. The van der Waals surface area contributed by atoms with Crippen molar-refractivity contribution in [1.82, 2.24) is 10.6 Å². The summed E-state index contributed by atoms with van der Waals surface area (Å²) in [5, 5.41) is 6.80. The van der Waals surface area contributed by atoms with Gasteiger partial charge in [0.2, 0.25) is 5.91 Å². The van der Waals surface area contributed by atoms with Gasteiger partial charge < -0.3 is 15.4 Å². The first-order valence-electron chi connectivity index (χ1n) is 6.38. The Morgan fingerprint density at radius 3 is 3.00 bits per heavy atom. The van der Waals surface area contributed by atoms with Crippen LogP contribution in [0, 0.1) is 0 Å². The molecular weight excluding hydrogens is 236 g/mol. The molecule has 4 nitrogen and oxygen atoms in total. The average molecular weight is 260 g/mol. The molecule has 5 heteroatoms. The molecule has 1 rings (SSSR count). The maximum Gasteiger partial charge on any atom is 0.234 e. The fourth-order valence-electron chi connectivity index (χ4n) is 2.14. The van der Waals surface area contributed by atoms with E-state index in [-0.39, 0.29) is 5.91 Å². The van der Waals surface area contributed by atoms with Crippen LogP contribution < -0.4 is 10.6 Å². The van der Waals surface area contributed by atoms with Crippen LogP contribution in [0.3, 0.4) is 0 Å². The molecule has 2 unspecified atom stereocenters. The zero-order valence-electron chi connectivity index (χ0n) is 10.8. The molecule has 0 saturated heterocycles. The van der Waals surface area contributed by atoms with Gasteiger partial charge in [-0.15, -0.1) is 0 Å². The minimum absolute atomic E-state index is 0.106. The first-order valence-corrected chi connectivity index (χ1v) is 7.43. The predicted octanol–water partition coefficient (Wildman–Crippen LogP) is 1.01. The maximum atomic E-state index is 11.7. The summed E-state index contributed by atoms with van der Waals surface area (Å²) < 4.78 is 4.91. The van der Waals surface area contributed by atoms with Crippen LogP contribution >= 0.6 is 11.8 Å². The van der Waals surface area contributed by atoms with Gasteiger partial charge in [0.1, 0.15) is 0 Å². The summed E-state index contributed by atoms with van der Waals surface area (Å²) in [7, 11) is 1.66. The normalized spacial score (nSPS) is 23.9. The van der Waals surface area contributed by atoms with Crippen molar-refractivity contribution in [2.24, 2.45) is 0 Å². The highest BCUT2D eigenvalue weighted by molar-refractivity contribution is 7.99. The van der Waals surface area contributed by atoms with Crippen molar-refractivity contribution in [3.8, 4) is 0 Å². The van der Waals surface area contributed by atoms with Gasteiger partial charge in [-0.1, -0.05) is 13.3 Å². The van der Waals surface area contributed by atoms with E-state index in [1.54, 1.807) is 7.11 Å². The molecule has 0 aromatic carbocycles. The van der Waals surface area contributed by atoms with Crippen LogP contribution in [-0.4, -0.2) is 49.8 Å². The molecule has 1 aliphatic carbocycles. The highest BCUT2D eigenvalue weighted by Crippen LogP contribution is 2.29. The number of hydrogen-bond donors (Lipinski definition) is 2. The van der Waals surface area contributed by atoms with Crippen molar-refractivity contribution in [2.75, 3.05) is 32.6 Å². The van der Waals surface area contributed by atoms with E-state index in [1.165, 1.54) is 12.8 Å². The average Bonchev–Trinajstić information content (AvgIpc) is 2.73. The molecule has 0 spiro atoms. The topological polar surface area (TPSA) is 50.4 Å². The second-order valence-electron chi connectivity index (χ2n) is 4.27. The number of carbonyl (C=O) groups excluding carboxylic acids is 1. The van der Waals surface area contributed by atoms with E-state index in [0.717, 1.165) is 18.7 Å². The highest BCUT2D eigenvalue weighted by atomic mass is 32.2. The lowest BCUT2D eigenvalue weighted by Gasteiger charge is -2.20. The number of thioether (sulfide) groups is 1. The van der Waals surface area contributed by atoms with Crippen molar-refractivity contribution in [3.63, 3.8) is 0 Å².